The van der Waals surface area contributed by atoms with Crippen LogP contribution in [0.25, 0.3) is 11.1 Å². The third-order valence-corrected chi connectivity index (χ3v) is 13.0. The highest BCUT2D eigenvalue weighted by molar-refractivity contribution is 6.36. The molecular formula is C42H51ClN8O5. The molecule has 56 heavy (non-hydrogen) atoms. The monoisotopic (exact) mass is 782 g/mol. The number of benzene rings is 2. The van der Waals surface area contributed by atoms with Crippen LogP contribution >= 0.6 is 11.6 Å². The first-order chi connectivity index (χ1) is 27.0. The molecule has 296 valence electrons. The average molecular weight is 783 g/mol. The van der Waals surface area contributed by atoms with Gasteiger partial charge in [-0.15, -0.1) is 0 Å². The molecule has 0 spiro atoms. The average Bonchev–Trinajstić information content (AvgIpc) is 3.72. The summed E-state index contributed by atoms with van der Waals surface area (Å²) in [5, 5.41) is 15.9. The second kappa shape index (κ2) is 16.1. The third-order valence-electron chi connectivity index (χ3n) is 12.6. The van der Waals surface area contributed by atoms with Gasteiger partial charge in [0.15, 0.2) is 11.6 Å². The van der Waals surface area contributed by atoms with Gasteiger partial charge in [0.05, 0.1) is 28.0 Å². The molecule has 0 bridgehead atoms. The number of ether oxygens (including phenoxy) is 1. The molecule has 0 radical (unpaired) electrons. The van der Waals surface area contributed by atoms with E-state index in [-0.39, 0.29) is 17.7 Å². The molecule has 0 unspecified atom stereocenters. The lowest BCUT2D eigenvalue weighted by atomic mass is 9.81. The first-order valence-electron chi connectivity index (χ1n) is 19.9. The van der Waals surface area contributed by atoms with E-state index in [4.69, 9.17) is 26.3 Å². The standard InChI is InChI=1S/C42H51ClN8O5/c1-25-29(6-4-8-31(25)46-40(52)38-45-34-24-51(19-15-36(34)49(38)3)28-16-20-56-21-17-28)30-7-5-9-32(37(30)43)47-41(53)39-44-33-23-50(18-14-35(33)48(39)2)22-26-10-12-27(13-11-26)42(54)55/h4-9,26-28H,10-24H2,1-3H3,(H,46,52)(H,47,53)(H,54,55). The lowest BCUT2D eigenvalue weighted by Gasteiger charge is -2.36. The van der Waals surface area contributed by atoms with Crippen molar-refractivity contribution < 1.29 is 24.2 Å². The number of carboxylic acids is 1. The Labute approximate surface area is 332 Å². The fraction of sp³-hybridized carbons (Fsp3) is 0.500. The second-order valence-corrected chi connectivity index (χ2v) is 16.3. The number of hydrogen-bond donors (Lipinski definition) is 3. The van der Waals surface area contributed by atoms with Gasteiger partial charge in [0.2, 0.25) is 0 Å². The zero-order valence-corrected chi connectivity index (χ0v) is 33.2. The second-order valence-electron chi connectivity index (χ2n) is 15.9. The fourth-order valence-electron chi connectivity index (χ4n) is 9.27. The van der Waals surface area contributed by atoms with Crippen LogP contribution in [0.2, 0.25) is 5.02 Å². The molecule has 1 aliphatic carbocycles. The lowest BCUT2D eigenvalue weighted by molar-refractivity contribution is -0.143. The molecule has 2 aromatic heterocycles. The molecule has 2 fully saturated rings. The van der Waals surface area contributed by atoms with Crippen molar-refractivity contribution in [3.63, 3.8) is 0 Å². The fourth-order valence-corrected chi connectivity index (χ4v) is 9.54. The number of nitrogens with zero attached hydrogens (tertiary/aromatic N) is 6. The van der Waals surface area contributed by atoms with E-state index in [2.05, 4.69) is 20.4 Å². The molecule has 13 nitrogen and oxygen atoms in total. The van der Waals surface area contributed by atoms with Crippen LogP contribution < -0.4 is 10.6 Å². The molecule has 0 atom stereocenters. The molecule has 1 saturated carbocycles. The number of imidazole rings is 2. The topological polar surface area (TPSA) is 147 Å². The Kier molecular flexibility index (Phi) is 11.0. The summed E-state index contributed by atoms with van der Waals surface area (Å²) >= 11 is 7.03. The van der Waals surface area contributed by atoms with E-state index in [0.717, 1.165) is 130 Å². The molecule has 2 amide bonds. The van der Waals surface area contributed by atoms with Gasteiger partial charge in [0.25, 0.3) is 11.8 Å². The van der Waals surface area contributed by atoms with Crippen LogP contribution in [0.5, 0.6) is 0 Å². The van der Waals surface area contributed by atoms with Gasteiger partial charge in [-0.25, -0.2) is 9.97 Å². The van der Waals surface area contributed by atoms with Crippen molar-refractivity contribution in [3.8, 4) is 11.1 Å². The highest BCUT2D eigenvalue weighted by Crippen LogP contribution is 2.38. The molecule has 3 N–H and O–H groups in total. The molecule has 4 aromatic rings. The summed E-state index contributed by atoms with van der Waals surface area (Å²) in [6.45, 7) is 7.67. The molecule has 8 rings (SSSR count). The summed E-state index contributed by atoms with van der Waals surface area (Å²) in [5.41, 5.74) is 7.55. The number of amides is 2. The molecule has 4 aliphatic rings. The highest BCUT2D eigenvalue weighted by Gasteiger charge is 2.32. The molecule has 1 saturated heterocycles. The number of aromatic nitrogens is 4. The number of halogens is 1. The normalized spacial score (nSPS) is 20.6. The minimum Gasteiger partial charge on any atom is -0.481 e. The number of rotatable bonds is 9. The summed E-state index contributed by atoms with van der Waals surface area (Å²) in [6.07, 6.45) is 7.02. The molecular weight excluding hydrogens is 732 g/mol. The number of nitrogens with one attached hydrogen (secondary N) is 2. The van der Waals surface area contributed by atoms with E-state index < -0.39 is 5.97 Å². The van der Waals surface area contributed by atoms with E-state index in [9.17, 15) is 19.5 Å². The van der Waals surface area contributed by atoms with Gasteiger partial charge in [0.1, 0.15) is 0 Å². The Morgan fingerprint density at radius 2 is 1.39 bits per heavy atom. The first-order valence-corrected chi connectivity index (χ1v) is 20.3. The summed E-state index contributed by atoms with van der Waals surface area (Å²) in [6, 6.07) is 11.7. The number of carbonyl (C=O) groups excluding carboxylic acids is 2. The van der Waals surface area contributed by atoms with Crippen LogP contribution in [0.15, 0.2) is 36.4 Å². The zero-order chi connectivity index (χ0) is 39.1. The van der Waals surface area contributed by atoms with Crippen molar-refractivity contribution in [3.05, 3.63) is 81.4 Å². The van der Waals surface area contributed by atoms with Crippen LogP contribution in [0.4, 0.5) is 11.4 Å². The van der Waals surface area contributed by atoms with Gasteiger partial charge in [-0.1, -0.05) is 35.9 Å². The Bertz CT molecular complexity index is 2150. The number of hydrogen-bond acceptors (Lipinski definition) is 8. The minimum atomic E-state index is -0.680. The quantitative estimate of drug-likeness (QED) is 0.184. The van der Waals surface area contributed by atoms with Crippen LogP contribution in [0.3, 0.4) is 0 Å². The summed E-state index contributed by atoms with van der Waals surface area (Å²) in [4.78, 5) is 53.3. The number of carbonyl (C=O) groups is 3. The van der Waals surface area contributed by atoms with Crippen molar-refractivity contribution in [2.24, 2.45) is 25.9 Å². The lowest BCUT2D eigenvalue weighted by Crippen LogP contribution is -2.42. The van der Waals surface area contributed by atoms with Crippen LogP contribution in [-0.4, -0.2) is 90.7 Å². The maximum atomic E-state index is 13.7. The van der Waals surface area contributed by atoms with E-state index in [1.54, 1.807) is 6.07 Å². The smallest absolute Gasteiger partial charge is 0.306 e. The van der Waals surface area contributed by atoms with Crippen molar-refractivity contribution in [2.45, 2.75) is 77.4 Å². The predicted molar refractivity (Wildman–Crippen MR) is 214 cm³/mol. The van der Waals surface area contributed by atoms with E-state index >= 15 is 0 Å². The van der Waals surface area contributed by atoms with Gasteiger partial charge in [-0.2, -0.15) is 0 Å². The maximum absolute atomic E-state index is 13.7. The van der Waals surface area contributed by atoms with Crippen LogP contribution in [0.1, 0.15) is 88.1 Å². The predicted octanol–water partition coefficient (Wildman–Crippen LogP) is 6.07. The SMILES string of the molecule is Cc1c(NC(=O)c2nc3c(n2C)CCN(C2CCOCC2)C3)cccc1-c1cccc(NC(=O)c2nc3c(n2C)CCN(CC2CCC(C(=O)O)CC2)C3)c1Cl. The number of fused-ring (bicyclic) bond motifs is 2. The van der Waals surface area contributed by atoms with E-state index in [1.165, 1.54) is 0 Å². The largest absolute Gasteiger partial charge is 0.481 e. The number of carboxylic acid groups (broad SMARTS) is 1. The Balaban J connectivity index is 0.937. The Hall–Kier alpha value is -4.56. The summed E-state index contributed by atoms with van der Waals surface area (Å²) in [5.74, 6) is -0.310. The van der Waals surface area contributed by atoms with E-state index in [0.29, 0.717) is 46.6 Å². The van der Waals surface area contributed by atoms with Gasteiger partial charge >= 0.3 is 5.97 Å². The summed E-state index contributed by atoms with van der Waals surface area (Å²) < 4.78 is 9.38. The van der Waals surface area contributed by atoms with Crippen molar-refractivity contribution in [2.75, 3.05) is 43.5 Å². The van der Waals surface area contributed by atoms with Crippen LogP contribution in [0, 0.1) is 18.8 Å². The third kappa shape index (κ3) is 7.61. The molecule has 14 heteroatoms. The number of aliphatic carboxylic acids is 1. The van der Waals surface area contributed by atoms with Crippen LogP contribution in [-0.2, 0) is 49.6 Å². The molecule has 5 heterocycles. The Morgan fingerprint density at radius 1 is 0.804 bits per heavy atom. The van der Waals surface area contributed by atoms with Crippen molar-refractivity contribution in [1.29, 1.82) is 0 Å². The van der Waals surface area contributed by atoms with Gasteiger partial charge in [0, 0.05) is 102 Å². The minimum absolute atomic E-state index is 0.217. The zero-order valence-electron chi connectivity index (χ0n) is 32.4. The van der Waals surface area contributed by atoms with Crippen molar-refractivity contribution in [1.82, 2.24) is 28.9 Å². The molecule has 3 aliphatic heterocycles. The highest BCUT2D eigenvalue weighted by atomic mass is 35.5. The van der Waals surface area contributed by atoms with Crippen molar-refractivity contribution >= 4 is 40.8 Å². The summed E-state index contributed by atoms with van der Waals surface area (Å²) in [7, 11) is 3.80. The first kappa shape index (κ1) is 38.3. The number of anilines is 2. The van der Waals surface area contributed by atoms with Gasteiger partial charge in [-0.05, 0) is 74.6 Å². The van der Waals surface area contributed by atoms with Gasteiger partial charge < -0.3 is 29.6 Å². The van der Waals surface area contributed by atoms with E-state index in [1.807, 2.05) is 60.5 Å². The molecule has 2 aromatic carbocycles. The Morgan fingerprint density at radius 3 is 2.05 bits per heavy atom. The van der Waals surface area contributed by atoms with Gasteiger partial charge in [-0.3, -0.25) is 24.2 Å². The maximum Gasteiger partial charge on any atom is 0.306 e.